The van der Waals surface area contributed by atoms with Gasteiger partial charge in [0.1, 0.15) is 5.75 Å². The number of rotatable bonds is 3. The first-order chi connectivity index (χ1) is 13.6. The second kappa shape index (κ2) is 6.31. The predicted molar refractivity (Wildman–Crippen MR) is 113 cm³/mol. The predicted octanol–water partition coefficient (Wildman–Crippen LogP) is 5.53. The molecule has 0 unspecified atom stereocenters. The molecule has 6 heteroatoms. The van der Waals surface area contributed by atoms with Crippen molar-refractivity contribution in [2.24, 2.45) is 0 Å². The summed E-state index contributed by atoms with van der Waals surface area (Å²) in [6, 6.07) is 11.7. The molecule has 2 heterocycles. The third-order valence-corrected chi connectivity index (χ3v) is 6.06. The molecule has 1 aliphatic carbocycles. The molecule has 5 rings (SSSR count). The van der Waals surface area contributed by atoms with Gasteiger partial charge < -0.3 is 20.1 Å². The van der Waals surface area contributed by atoms with Crippen molar-refractivity contribution in [1.29, 1.82) is 0 Å². The van der Waals surface area contributed by atoms with Crippen molar-refractivity contribution < 1.29 is 9.84 Å². The zero-order valence-corrected chi connectivity index (χ0v) is 16.2. The minimum absolute atomic E-state index is 0.201. The number of ether oxygens (including phenoxy) is 1. The second-order valence-electron chi connectivity index (χ2n) is 7.25. The summed E-state index contributed by atoms with van der Waals surface area (Å²) in [6.07, 6.45) is 5.22. The second-order valence-corrected chi connectivity index (χ2v) is 7.66. The van der Waals surface area contributed by atoms with Crippen molar-refractivity contribution in [1.82, 2.24) is 9.55 Å². The van der Waals surface area contributed by atoms with Crippen LogP contribution in [0, 0.1) is 0 Å². The number of nitrogens with two attached hydrogens (primary N) is 1. The molecule has 142 valence electrons. The largest absolute Gasteiger partial charge is 0.496 e. The average molecular weight is 394 g/mol. The van der Waals surface area contributed by atoms with Crippen LogP contribution in [0.1, 0.15) is 25.3 Å². The molecule has 2 aromatic heterocycles. The molecular weight excluding hydrogens is 374 g/mol. The van der Waals surface area contributed by atoms with Gasteiger partial charge in [0.05, 0.1) is 34.2 Å². The monoisotopic (exact) mass is 393 g/mol. The molecule has 1 aliphatic rings. The number of pyridine rings is 1. The van der Waals surface area contributed by atoms with Crippen LogP contribution in [0.4, 0.5) is 5.69 Å². The Hall–Kier alpha value is -2.92. The van der Waals surface area contributed by atoms with E-state index in [1.165, 1.54) is 6.42 Å². The Balaban J connectivity index is 1.84. The van der Waals surface area contributed by atoms with Crippen molar-refractivity contribution in [2.45, 2.75) is 25.3 Å². The molecule has 28 heavy (non-hydrogen) atoms. The van der Waals surface area contributed by atoms with E-state index in [4.69, 9.17) is 27.1 Å². The summed E-state index contributed by atoms with van der Waals surface area (Å²) in [6.45, 7) is 0. The van der Waals surface area contributed by atoms with E-state index in [-0.39, 0.29) is 5.88 Å². The van der Waals surface area contributed by atoms with Crippen LogP contribution in [0.5, 0.6) is 11.6 Å². The Morgan fingerprint density at radius 1 is 1.21 bits per heavy atom. The molecule has 0 saturated heterocycles. The van der Waals surface area contributed by atoms with E-state index in [0.29, 0.717) is 33.4 Å². The van der Waals surface area contributed by atoms with Crippen LogP contribution in [0.3, 0.4) is 0 Å². The lowest BCUT2D eigenvalue weighted by molar-refractivity contribution is 0.283. The molecule has 0 aliphatic heterocycles. The highest BCUT2D eigenvalue weighted by molar-refractivity contribution is 6.34. The van der Waals surface area contributed by atoms with Crippen LogP contribution in [-0.4, -0.2) is 21.8 Å². The number of nitrogens with zero attached hydrogens (tertiary/aromatic N) is 2. The minimum atomic E-state index is 0.201. The van der Waals surface area contributed by atoms with E-state index in [1.807, 2.05) is 47.2 Å². The van der Waals surface area contributed by atoms with Gasteiger partial charge >= 0.3 is 0 Å². The van der Waals surface area contributed by atoms with Gasteiger partial charge in [0.15, 0.2) is 0 Å². The van der Waals surface area contributed by atoms with Crippen LogP contribution in [0.25, 0.3) is 32.9 Å². The van der Waals surface area contributed by atoms with Gasteiger partial charge in [0.2, 0.25) is 5.88 Å². The summed E-state index contributed by atoms with van der Waals surface area (Å²) in [5.41, 5.74) is 10.1. The zero-order chi connectivity index (χ0) is 19.4. The number of nitrogen functional groups attached to an aromatic ring is 1. The number of benzene rings is 2. The standard InChI is InChI=1S/C22H20ClN3O2/c1-28-17-10-4-9-15(23)18(17)13-7-3-8-14-20(24)19-16(25-21(13)14)11-26(22(19)27)12-5-2-6-12/h3-4,7-12,27H,2,5-6,24H2,1H3. The van der Waals surface area contributed by atoms with E-state index < -0.39 is 0 Å². The average Bonchev–Trinajstić information content (AvgIpc) is 2.96. The summed E-state index contributed by atoms with van der Waals surface area (Å²) in [5.74, 6) is 0.877. The van der Waals surface area contributed by atoms with Crippen LogP contribution in [0.2, 0.25) is 5.02 Å². The molecule has 1 fully saturated rings. The molecule has 0 amide bonds. The Morgan fingerprint density at radius 3 is 2.71 bits per heavy atom. The number of methoxy groups -OCH3 is 1. The highest BCUT2D eigenvalue weighted by Crippen LogP contribution is 2.45. The summed E-state index contributed by atoms with van der Waals surface area (Å²) >= 11 is 6.52. The topological polar surface area (TPSA) is 73.3 Å². The fourth-order valence-corrected chi connectivity index (χ4v) is 4.33. The van der Waals surface area contributed by atoms with E-state index in [1.54, 1.807) is 7.11 Å². The van der Waals surface area contributed by atoms with E-state index >= 15 is 0 Å². The van der Waals surface area contributed by atoms with E-state index in [2.05, 4.69) is 0 Å². The van der Waals surface area contributed by atoms with Crippen molar-refractivity contribution in [3.63, 3.8) is 0 Å². The third kappa shape index (κ3) is 2.36. The van der Waals surface area contributed by atoms with Crippen molar-refractivity contribution in [3.05, 3.63) is 47.6 Å². The van der Waals surface area contributed by atoms with Crippen LogP contribution in [0.15, 0.2) is 42.6 Å². The maximum Gasteiger partial charge on any atom is 0.203 e. The van der Waals surface area contributed by atoms with E-state index in [9.17, 15) is 5.11 Å². The Kier molecular flexibility index (Phi) is 3.88. The van der Waals surface area contributed by atoms with Crippen molar-refractivity contribution in [3.8, 4) is 22.8 Å². The molecule has 5 nitrogen and oxygen atoms in total. The maximum absolute atomic E-state index is 10.8. The van der Waals surface area contributed by atoms with Crippen molar-refractivity contribution in [2.75, 3.05) is 12.8 Å². The number of aromatic nitrogens is 2. The van der Waals surface area contributed by atoms with Gasteiger partial charge in [-0.2, -0.15) is 0 Å². The fraction of sp³-hybridized carbons (Fsp3) is 0.227. The smallest absolute Gasteiger partial charge is 0.203 e. The Morgan fingerprint density at radius 2 is 2.00 bits per heavy atom. The summed E-state index contributed by atoms with van der Waals surface area (Å²) in [5, 5.41) is 12.8. The molecule has 0 bridgehead atoms. The first-order valence-corrected chi connectivity index (χ1v) is 9.72. The van der Waals surface area contributed by atoms with Gasteiger partial charge in [-0.05, 0) is 31.4 Å². The number of hydrogen-bond donors (Lipinski definition) is 2. The number of fused-ring (bicyclic) bond motifs is 2. The minimum Gasteiger partial charge on any atom is -0.496 e. The van der Waals surface area contributed by atoms with Crippen LogP contribution < -0.4 is 10.5 Å². The van der Waals surface area contributed by atoms with Gasteiger partial charge in [-0.15, -0.1) is 0 Å². The van der Waals surface area contributed by atoms with Gasteiger partial charge in [-0.25, -0.2) is 4.98 Å². The number of anilines is 1. The first kappa shape index (κ1) is 17.2. The highest BCUT2D eigenvalue weighted by Gasteiger charge is 2.25. The van der Waals surface area contributed by atoms with E-state index in [0.717, 1.165) is 34.9 Å². The van der Waals surface area contributed by atoms with Crippen LogP contribution in [-0.2, 0) is 0 Å². The van der Waals surface area contributed by atoms with Gasteiger partial charge in [-0.3, -0.25) is 0 Å². The zero-order valence-electron chi connectivity index (χ0n) is 15.4. The maximum atomic E-state index is 10.8. The van der Waals surface area contributed by atoms with Gasteiger partial charge in [0.25, 0.3) is 0 Å². The lowest BCUT2D eigenvalue weighted by Crippen LogP contribution is -2.15. The molecule has 2 aromatic carbocycles. The lowest BCUT2D eigenvalue weighted by Gasteiger charge is -2.27. The Labute approximate surface area is 167 Å². The van der Waals surface area contributed by atoms with Crippen molar-refractivity contribution >= 4 is 39.1 Å². The normalized spacial score (nSPS) is 14.5. The first-order valence-electron chi connectivity index (χ1n) is 9.34. The van der Waals surface area contributed by atoms with Crippen LogP contribution >= 0.6 is 11.6 Å². The quantitative estimate of drug-likeness (QED) is 0.479. The molecule has 0 atom stereocenters. The van der Waals surface area contributed by atoms with Gasteiger partial charge in [0, 0.05) is 28.8 Å². The number of aromatic hydroxyl groups is 1. The molecular formula is C22H20ClN3O2. The molecule has 3 N–H and O–H groups in total. The molecule has 1 saturated carbocycles. The van der Waals surface area contributed by atoms with Gasteiger partial charge in [-0.1, -0.05) is 35.9 Å². The SMILES string of the molecule is COc1cccc(Cl)c1-c1cccc2c(N)c3c(O)n(C4CCC4)cc3nc12. The lowest BCUT2D eigenvalue weighted by atomic mass is 9.93. The molecule has 4 aromatic rings. The third-order valence-electron chi connectivity index (χ3n) is 5.75. The summed E-state index contributed by atoms with van der Waals surface area (Å²) < 4.78 is 7.45. The Bertz CT molecular complexity index is 1230. The number of halogens is 1. The summed E-state index contributed by atoms with van der Waals surface area (Å²) in [7, 11) is 1.62. The molecule has 0 spiro atoms. The number of hydrogen-bond acceptors (Lipinski definition) is 4. The highest BCUT2D eigenvalue weighted by atomic mass is 35.5. The molecule has 0 radical (unpaired) electrons. The summed E-state index contributed by atoms with van der Waals surface area (Å²) in [4.78, 5) is 4.88. The fourth-order valence-electron chi connectivity index (χ4n) is 4.06. The number of para-hydroxylation sites is 1.